The zero-order valence-electron chi connectivity index (χ0n) is 73.9. The maximum atomic E-state index is 10.5. The molecule has 0 fully saturated rings. The van der Waals surface area contributed by atoms with Crippen molar-refractivity contribution >= 4 is 61.7 Å². The van der Waals surface area contributed by atoms with E-state index < -0.39 is 195 Å². The van der Waals surface area contributed by atoms with Crippen molar-refractivity contribution in [3.63, 3.8) is 0 Å². The van der Waals surface area contributed by atoms with Gasteiger partial charge in [-0.05, 0) is 147 Å². The first-order chi connectivity index (χ1) is 53.0. The Labute approximate surface area is 562 Å². The predicted molar refractivity (Wildman–Crippen MR) is 377 cm³/mol. The van der Waals surface area contributed by atoms with Gasteiger partial charge in [-0.1, -0.05) is 274 Å². The normalized spacial score (nSPS) is 16.1. The van der Waals surface area contributed by atoms with Gasteiger partial charge in [-0.2, -0.15) is 0 Å². The lowest BCUT2D eigenvalue weighted by molar-refractivity contribution is -0.570. The summed E-state index contributed by atoms with van der Waals surface area (Å²) in [5.41, 5.74) is 2.45. The number of nitrogens with zero attached hydrogens (tertiary/aromatic N) is 4. The third-order valence-electron chi connectivity index (χ3n) is 17.0. The molecule has 0 saturated heterocycles. The fraction of sp³-hybridized carbons (Fsp3) is 0.143. The van der Waals surface area contributed by atoms with Gasteiger partial charge in [0, 0.05) is 23.0 Å². The first kappa shape index (κ1) is 36.4. The molecule has 5 nitrogen and oxygen atoms in total. The van der Waals surface area contributed by atoms with Crippen LogP contribution < -0.4 is 30.1 Å². The number of aromatic nitrogens is 4. The fourth-order valence-electron chi connectivity index (χ4n) is 12.5. The molecule has 0 bridgehead atoms. The standard InChI is InChI=1S/C84H72N4OSi/c1-82(2,3)57-45-46-85-79(50-57)88-76-42-24-23-39-72(76)73-44-43-62(52-77(73)88)89-61-28-25-27-60(51-61)86-55-87-80-67(56-47-58(83(4,5)6)49-59(48-56)84(7,8)9)40-26-41-74(80)70-37-21-19-35-68(70)69-36-20-22-38-71(69)75-53-66(54-78(86)81(75)87)90(63-29-13-10-14-30-63,64-31-15-11-16-32-64)65-33-17-12-18-34-65/h10-54H,1-9H3/i10D,11D,12D,13D,14D,15D,16D,17D,18D,19D,20D,21D,22D,29D,30D,31D,32D,33D,34D,35D,36D,37D,38D. The van der Waals surface area contributed by atoms with E-state index in [9.17, 15) is 27.4 Å². The number of para-hydroxylation sites is 2. The summed E-state index contributed by atoms with van der Waals surface area (Å²) < 4.78 is 236. The van der Waals surface area contributed by atoms with E-state index in [0.717, 1.165) is 38.5 Å². The van der Waals surface area contributed by atoms with E-state index in [-0.39, 0.29) is 50.3 Å². The van der Waals surface area contributed by atoms with Crippen molar-refractivity contribution in [1.82, 2.24) is 14.1 Å². The minimum absolute atomic E-state index is 0.0559. The molecule has 3 aromatic heterocycles. The van der Waals surface area contributed by atoms with Crippen LogP contribution >= 0.6 is 0 Å². The highest BCUT2D eigenvalue weighted by atomic mass is 28.3. The molecule has 11 aromatic carbocycles. The Hall–Kier alpha value is -10.1. The van der Waals surface area contributed by atoms with Crippen LogP contribution in [0.5, 0.6) is 11.5 Å². The zero-order chi connectivity index (χ0) is 81.7. The van der Waals surface area contributed by atoms with Crippen molar-refractivity contribution in [1.29, 1.82) is 0 Å². The quantitative estimate of drug-likeness (QED) is 0.0625. The van der Waals surface area contributed by atoms with Gasteiger partial charge in [-0.3, -0.25) is 13.7 Å². The van der Waals surface area contributed by atoms with Gasteiger partial charge in [0.15, 0.2) is 8.07 Å². The maximum Gasteiger partial charge on any atom is 0.269 e. The molecule has 0 amide bonds. The van der Waals surface area contributed by atoms with Crippen molar-refractivity contribution in [3.8, 4) is 73.2 Å². The van der Waals surface area contributed by atoms with Crippen molar-refractivity contribution in [3.05, 3.63) is 296 Å². The van der Waals surface area contributed by atoms with Crippen molar-refractivity contribution in [2.45, 2.75) is 78.6 Å². The summed E-state index contributed by atoms with van der Waals surface area (Å²) in [4.78, 5) is 4.88. The number of imidazole rings is 1. The highest BCUT2D eigenvalue weighted by molar-refractivity contribution is 7.20. The molecule has 15 rings (SSSR count). The lowest BCUT2D eigenvalue weighted by Crippen LogP contribution is -2.74. The lowest BCUT2D eigenvalue weighted by Gasteiger charge is -2.35. The van der Waals surface area contributed by atoms with E-state index in [1.165, 1.54) is 16.7 Å². The number of benzene rings is 11. The zero-order valence-corrected chi connectivity index (χ0v) is 51.9. The second-order valence-corrected chi connectivity index (χ2v) is 29.3. The van der Waals surface area contributed by atoms with E-state index in [0.29, 0.717) is 22.7 Å². The molecule has 0 unspecified atom stereocenters. The second kappa shape index (κ2) is 21.6. The van der Waals surface area contributed by atoms with Crippen LogP contribution in [0.1, 0.15) is 111 Å². The van der Waals surface area contributed by atoms with Gasteiger partial charge in [0.2, 0.25) is 0 Å². The third-order valence-corrected chi connectivity index (χ3v) is 21.2. The van der Waals surface area contributed by atoms with Crippen LogP contribution in [0.4, 0.5) is 0 Å². The first-order valence-electron chi connectivity index (χ1n) is 41.1. The summed E-state index contributed by atoms with van der Waals surface area (Å²) in [6, 6.07) is 16.4. The monoisotopic (exact) mass is 1200 g/mol. The minimum atomic E-state index is -6.21. The second-order valence-electron chi connectivity index (χ2n) is 25.7. The molecule has 1 aliphatic heterocycles. The Kier molecular flexibility index (Phi) is 8.72. The molecule has 6 heteroatoms. The van der Waals surface area contributed by atoms with Gasteiger partial charge in [-0.15, -0.1) is 0 Å². The Morgan fingerprint density at radius 2 is 0.956 bits per heavy atom. The molecule has 0 N–H and O–H groups in total. The number of rotatable bonds is 9. The molecule has 0 spiro atoms. The van der Waals surface area contributed by atoms with Crippen LogP contribution in [0.15, 0.2) is 273 Å². The van der Waals surface area contributed by atoms with Gasteiger partial charge >= 0.3 is 0 Å². The number of ether oxygens (including phenoxy) is 1. The molecule has 14 aromatic rings. The lowest BCUT2D eigenvalue weighted by atomic mass is 9.78. The number of hydrogen-bond acceptors (Lipinski definition) is 2. The minimum Gasteiger partial charge on any atom is -0.458 e. The summed E-state index contributed by atoms with van der Waals surface area (Å²) >= 11 is 0. The summed E-state index contributed by atoms with van der Waals surface area (Å²) in [7, 11) is -6.21. The van der Waals surface area contributed by atoms with Gasteiger partial charge in [-0.25, -0.2) is 4.98 Å². The maximum absolute atomic E-state index is 10.5. The van der Waals surface area contributed by atoms with Gasteiger partial charge in [0.1, 0.15) is 17.3 Å². The molecular weight excluding hydrogens is 1110 g/mol. The molecule has 1 aliphatic rings. The first-order valence-corrected chi connectivity index (χ1v) is 31.6. The van der Waals surface area contributed by atoms with Crippen molar-refractivity contribution < 1.29 is 40.8 Å². The molecule has 4 heterocycles. The van der Waals surface area contributed by atoms with E-state index >= 15 is 0 Å². The topological polar surface area (TPSA) is 35.9 Å². The predicted octanol–water partition coefficient (Wildman–Crippen LogP) is 18.2. The number of pyridine rings is 1. The van der Waals surface area contributed by atoms with E-state index in [4.69, 9.17) is 13.8 Å². The number of fused-ring (bicyclic) bond motifs is 10. The average molecular weight is 1200 g/mol. The molecule has 438 valence electrons. The molecule has 0 atom stereocenters. The van der Waals surface area contributed by atoms with E-state index in [1.807, 2.05) is 66.7 Å². The Bertz CT molecular complexity index is 6260. The van der Waals surface area contributed by atoms with Crippen molar-refractivity contribution in [2.24, 2.45) is 0 Å². The summed E-state index contributed by atoms with van der Waals surface area (Å²) in [5.74, 6) is 1.22. The largest absolute Gasteiger partial charge is 0.458 e. The van der Waals surface area contributed by atoms with E-state index in [1.54, 1.807) is 47.2 Å². The van der Waals surface area contributed by atoms with Gasteiger partial charge in [0.05, 0.1) is 65.0 Å². The van der Waals surface area contributed by atoms with Gasteiger partial charge in [0.25, 0.3) is 6.33 Å². The van der Waals surface area contributed by atoms with Crippen LogP contribution in [0.3, 0.4) is 0 Å². The van der Waals surface area contributed by atoms with Crippen LogP contribution in [0, 0.1) is 6.33 Å². The SMILES string of the molecule is [2H]c1c([2H])c([2H])c([Si](c2cc3c4c(c2)n(-c2cccc(Oc5ccc6c7ccccc7n(-c7cc(C(C)(C)C)ccn7)c6c5)c2)[c-][n+]4-c2c(-c4cc(C(C)(C)C)cc(C(C)(C)C)c4)cccc2-c2c([2H])c([2H])c([2H])c([2H])c2-c2c([2H])c([2H])c([2H])c([2H])c2-3)(c2c([2H])c([2H])c([2H])c([2H])c2[2H])c2c([2H])c([2H])c([2H])c([2H])c2[2H])c([2H])c1[2H]. The smallest absolute Gasteiger partial charge is 0.269 e. The summed E-state index contributed by atoms with van der Waals surface area (Å²) in [6.45, 7) is 18.7. The molecule has 90 heavy (non-hydrogen) atoms. The van der Waals surface area contributed by atoms with Crippen LogP contribution in [0.25, 0.3) is 94.5 Å². The van der Waals surface area contributed by atoms with Crippen LogP contribution in [0.2, 0.25) is 0 Å². The van der Waals surface area contributed by atoms with Crippen molar-refractivity contribution in [2.75, 3.05) is 0 Å². The Morgan fingerprint density at radius 1 is 0.422 bits per heavy atom. The van der Waals surface area contributed by atoms with Crippen LogP contribution in [-0.4, -0.2) is 22.2 Å². The molecule has 0 radical (unpaired) electrons. The third kappa shape index (κ3) is 9.51. The van der Waals surface area contributed by atoms with Gasteiger partial charge < -0.3 is 4.74 Å². The average Bonchev–Trinajstić information content (AvgIpc) is 1.58. The van der Waals surface area contributed by atoms with Crippen LogP contribution in [-0.2, 0) is 16.2 Å². The molecule has 0 saturated carbocycles. The highest BCUT2D eigenvalue weighted by Gasteiger charge is 2.43. The summed E-state index contributed by atoms with van der Waals surface area (Å²) in [6.07, 6.45) is 5.40. The molecule has 0 aliphatic carbocycles. The number of hydrogen-bond donors (Lipinski definition) is 0. The fourth-order valence-corrected chi connectivity index (χ4v) is 16.3. The highest BCUT2D eigenvalue weighted by Crippen LogP contribution is 2.46. The Morgan fingerprint density at radius 3 is 1.57 bits per heavy atom. The molecular formula is C84H72N4OSi. The van der Waals surface area contributed by atoms with E-state index in [2.05, 4.69) is 85.3 Å². The summed E-state index contributed by atoms with van der Waals surface area (Å²) in [5, 5.41) is -1.19. The Balaban J connectivity index is 1.19.